The Bertz CT molecular complexity index is 364. The quantitative estimate of drug-likeness (QED) is 0.478. The maximum absolute atomic E-state index is 11.7. The largest absolute Gasteiger partial charge is 0.391 e. The van der Waals surface area contributed by atoms with Gasteiger partial charge in [-0.3, -0.25) is 4.79 Å². The van der Waals surface area contributed by atoms with Crippen LogP contribution in [0.15, 0.2) is 0 Å². The lowest BCUT2D eigenvalue weighted by Crippen LogP contribution is -2.47. The molecule has 0 aromatic rings. The van der Waals surface area contributed by atoms with Crippen LogP contribution in [0.3, 0.4) is 0 Å². The number of amides is 3. The van der Waals surface area contributed by atoms with Gasteiger partial charge in [-0.2, -0.15) is 0 Å². The van der Waals surface area contributed by atoms with Crippen molar-refractivity contribution in [2.24, 2.45) is 5.92 Å². The minimum Gasteiger partial charge on any atom is -0.391 e. The van der Waals surface area contributed by atoms with Crippen molar-refractivity contribution >= 4 is 24.3 Å². The molecule has 2 unspecified atom stereocenters. The van der Waals surface area contributed by atoms with Gasteiger partial charge in [0.05, 0.1) is 12.6 Å². The van der Waals surface area contributed by atoms with Gasteiger partial charge in [-0.15, -0.1) is 12.4 Å². The highest BCUT2D eigenvalue weighted by Crippen LogP contribution is 2.17. The van der Waals surface area contributed by atoms with E-state index in [0.717, 1.165) is 25.7 Å². The highest BCUT2D eigenvalue weighted by molar-refractivity contribution is 5.85. The summed E-state index contributed by atoms with van der Waals surface area (Å²) in [7, 11) is 0. The maximum Gasteiger partial charge on any atom is 0.315 e. The topological polar surface area (TPSA) is 102 Å². The van der Waals surface area contributed by atoms with Gasteiger partial charge in [0.2, 0.25) is 5.91 Å². The molecule has 1 saturated heterocycles. The molecule has 1 heterocycles. The van der Waals surface area contributed by atoms with Crippen molar-refractivity contribution in [1.82, 2.24) is 21.3 Å². The van der Waals surface area contributed by atoms with E-state index >= 15 is 0 Å². The van der Waals surface area contributed by atoms with Gasteiger partial charge in [0.25, 0.3) is 0 Å². The van der Waals surface area contributed by atoms with Gasteiger partial charge in [0.15, 0.2) is 0 Å². The Kier molecular flexibility index (Phi) is 8.52. The molecule has 1 saturated carbocycles. The second kappa shape index (κ2) is 9.86. The SMILES string of the molecule is Cl.O=C(CNC(=O)NC1CCCCC1)NCC1CNCC1O. The van der Waals surface area contributed by atoms with E-state index in [1.165, 1.54) is 6.42 Å². The molecule has 2 atom stereocenters. The van der Waals surface area contributed by atoms with E-state index in [1.54, 1.807) is 0 Å². The van der Waals surface area contributed by atoms with Crippen LogP contribution in [0.25, 0.3) is 0 Å². The van der Waals surface area contributed by atoms with Gasteiger partial charge in [-0.1, -0.05) is 19.3 Å². The zero-order valence-corrected chi connectivity index (χ0v) is 13.6. The molecule has 0 aromatic heterocycles. The van der Waals surface area contributed by atoms with Gasteiger partial charge in [-0.05, 0) is 12.8 Å². The molecular weight excluding hydrogens is 308 g/mol. The summed E-state index contributed by atoms with van der Waals surface area (Å²) < 4.78 is 0. The zero-order valence-electron chi connectivity index (χ0n) is 12.8. The third-order valence-corrected chi connectivity index (χ3v) is 4.22. The number of aliphatic hydroxyl groups excluding tert-OH is 1. The molecule has 1 aliphatic heterocycles. The molecule has 2 fully saturated rings. The maximum atomic E-state index is 11.7. The smallest absolute Gasteiger partial charge is 0.315 e. The summed E-state index contributed by atoms with van der Waals surface area (Å²) in [5.41, 5.74) is 0. The van der Waals surface area contributed by atoms with Crippen molar-refractivity contribution < 1.29 is 14.7 Å². The number of β-amino-alcohol motifs (C(OH)–C–C–N with tert-alkyl or cyclic N) is 1. The lowest BCUT2D eigenvalue weighted by Gasteiger charge is -2.22. The van der Waals surface area contributed by atoms with E-state index in [4.69, 9.17) is 0 Å². The Morgan fingerprint density at radius 2 is 1.82 bits per heavy atom. The number of aliphatic hydroxyl groups is 1. The van der Waals surface area contributed by atoms with Crippen molar-refractivity contribution in [3.05, 3.63) is 0 Å². The number of hydrogen-bond donors (Lipinski definition) is 5. The average Bonchev–Trinajstić information content (AvgIpc) is 2.89. The fourth-order valence-corrected chi connectivity index (χ4v) is 2.88. The van der Waals surface area contributed by atoms with Crippen LogP contribution in [0.2, 0.25) is 0 Å². The molecule has 128 valence electrons. The normalized spacial score (nSPS) is 25.1. The molecule has 1 aliphatic carbocycles. The van der Waals surface area contributed by atoms with Gasteiger partial charge in [0.1, 0.15) is 0 Å². The molecule has 0 bridgehead atoms. The summed E-state index contributed by atoms with van der Waals surface area (Å²) in [5, 5.41) is 20.9. The molecule has 0 spiro atoms. The molecule has 8 heteroatoms. The monoisotopic (exact) mass is 334 g/mol. The number of carbonyl (C=O) groups is 2. The van der Waals surface area contributed by atoms with Crippen molar-refractivity contribution in [2.45, 2.75) is 44.2 Å². The predicted molar refractivity (Wildman–Crippen MR) is 86.0 cm³/mol. The third kappa shape index (κ3) is 6.37. The molecule has 22 heavy (non-hydrogen) atoms. The van der Waals surface area contributed by atoms with Crippen LogP contribution in [0.1, 0.15) is 32.1 Å². The summed E-state index contributed by atoms with van der Waals surface area (Å²) in [6.07, 6.45) is 5.18. The highest BCUT2D eigenvalue weighted by atomic mass is 35.5. The first-order valence-corrected chi connectivity index (χ1v) is 7.85. The Balaban J connectivity index is 0.00000242. The molecule has 5 N–H and O–H groups in total. The molecule has 3 amide bonds. The fourth-order valence-electron chi connectivity index (χ4n) is 2.88. The van der Waals surface area contributed by atoms with E-state index in [1.807, 2.05) is 0 Å². The van der Waals surface area contributed by atoms with Crippen LogP contribution < -0.4 is 21.3 Å². The zero-order chi connectivity index (χ0) is 15.1. The predicted octanol–water partition coefficient (Wildman–Crippen LogP) is -0.263. The lowest BCUT2D eigenvalue weighted by molar-refractivity contribution is -0.120. The van der Waals surface area contributed by atoms with Gasteiger partial charge >= 0.3 is 6.03 Å². The average molecular weight is 335 g/mol. The Labute approximate surface area is 137 Å². The summed E-state index contributed by atoms with van der Waals surface area (Å²) in [6, 6.07) is -0.0406. The van der Waals surface area contributed by atoms with E-state index in [-0.39, 0.29) is 42.8 Å². The molecule has 7 nitrogen and oxygen atoms in total. The van der Waals surface area contributed by atoms with Crippen LogP contribution >= 0.6 is 12.4 Å². The molecule has 2 aliphatic rings. The Morgan fingerprint density at radius 1 is 1.09 bits per heavy atom. The van der Waals surface area contributed by atoms with Gasteiger partial charge in [0, 0.05) is 31.6 Å². The Morgan fingerprint density at radius 3 is 2.45 bits per heavy atom. The Hall–Kier alpha value is -1.05. The highest BCUT2D eigenvalue weighted by Gasteiger charge is 2.25. The minimum absolute atomic E-state index is 0. The summed E-state index contributed by atoms with van der Waals surface area (Å²) in [5.74, 6) is -0.182. The van der Waals surface area contributed by atoms with Crippen molar-refractivity contribution in [3.8, 4) is 0 Å². The van der Waals surface area contributed by atoms with E-state index in [0.29, 0.717) is 19.6 Å². The fraction of sp³-hybridized carbons (Fsp3) is 0.857. The number of hydrogen-bond acceptors (Lipinski definition) is 4. The third-order valence-electron chi connectivity index (χ3n) is 4.22. The van der Waals surface area contributed by atoms with E-state index in [9.17, 15) is 14.7 Å². The van der Waals surface area contributed by atoms with Crippen LogP contribution in [-0.2, 0) is 4.79 Å². The first-order valence-electron chi connectivity index (χ1n) is 7.85. The minimum atomic E-state index is -0.409. The lowest BCUT2D eigenvalue weighted by atomic mass is 9.96. The van der Waals surface area contributed by atoms with Gasteiger partial charge in [-0.25, -0.2) is 4.79 Å². The van der Waals surface area contributed by atoms with Gasteiger partial charge < -0.3 is 26.4 Å². The van der Waals surface area contributed by atoms with Crippen molar-refractivity contribution in [2.75, 3.05) is 26.2 Å². The number of nitrogens with one attached hydrogen (secondary N) is 4. The number of rotatable bonds is 5. The second-order valence-corrected chi connectivity index (χ2v) is 5.95. The summed E-state index contributed by atoms with van der Waals surface area (Å²) in [6.45, 7) is 1.67. The van der Waals surface area contributed by atoms with Crippen LogP contribution in [0.5, 0.6) is 0 Å². The van der Waals surface area contributed by atoms with E-state index in [2.05, 4.69) is 21.3 Å². The van der Waals surface area contributed by atoms with Crippen LogP contribution in [-0.4, -0.2) is 55.4 Å². The second-order valence-electron chi connectivity index (χ2n) is 5.95. The van der Waals surface area contributed by atoms with Crippen LogP contribution in [0.4, 0.5) is 4.79 Å². The molecule has 0 radical (unpaired) electrons. The first-order chi connectivity index (χ1) is 10.1. The summed E-state index contributed by atoms with van der Waals surface area (Å²) in [4.78, 5) is 23.3. The van der Waals surface area contributed by atoms with Crippen LogP contribution in [0, 0.1) is 5.92 Å². The molecular formula is C14H27ClN4O3. The number of carbonyl (C=O) groups excluding carboxylic acids is 2. The molecule has 0 aromatic carbocycles. The van der Waals surface area contributed by atoms with Crippen molar-refractivity contribution in [3.63, 3.8) is 0 Å². The first kappa shape index (κ1) is 19.0. The standard InChI is InChI=1S/C14H26N4O3.ClH/c19-12-8-15-6-10(12)7-16-13(20)9-17-14(21)18-11-4-2-1-3-5-11;/h10-12,15,19H,1-9H2,(H,16,20)(H2,17,18,21);1H. The van der Waals surface area contributed by atoms with E-state index < -0.39 is 6.10 Å². The number of halogens is 1. The van der Waals surface area contributed by atoms with Crippen molar-refractivity contribution in [1.29, 1.82) is 0 Å². The summed E-state index contributed by atoms with van der Waals surface area (Å²) >= 11 is 0. The number of urea groups is 1. The molecule has 2 rings (SSSR count).